The summed E-state index contributed by atoms with van der Waals surface area (Å²) in [6.07, 6.45) is 0.901. The van der Waals surface area contributed by atoms with E-state index in [-0.39, 0.29) is 22.9 Å². The van der Waals surface area contributed by atoms with E-state index in [1.165, 1.54) is 6.92 Å². The van der Waals surface area contributed by atoms with Crippen molar-refractivity contribution >= 4 is 38.9 Å². The van der Waals surface area contributed by atoms with Crippen molar-refractivity contribution in [2.75, 3.05) is 29.1 Å². The molecule has 1 aromatic heterocycles. The van der Waals surface area contributed by atoms with E-state index in [1.54, 1.807) is 12.1 Å². The van der Waals surface area contributed by atoms with Crippen molar-refractivity contribution in [2.24, 2.45) is 10.2 Å². The van der Waals surface area contributed by atoms with E-state index in [2.05, 4.69) is 31.8 Å². The summed E-state index contributed by atoms with van der Waals surface area (Å²) in [5.41, 5.74) is 2.30. The average molecular weight is 490 g/mol. The Bertz CT molecular complexity index is 1190. The Morgan fingerprint density at radius 1 is 1.29 bits per heavy atom. The van der Waals surface area contributed by atoms with Crippen LogP contribution in [-0.4, -0.2) is 47.9 Å². The smallest absolute Gasteiger partial charge is 0.264 e. The number of aromatic amines is 1. The molecule has 0 aliphatic heterocycles. The van der Waals surface area contributed by atoms with Crippen LogP contribution in [0.5, 0.6) is 0 Å². The molecule has 2 rings (SSSR count). The Morgan fingerprint density at radius 2 is 2.00 bits per heavy atom. The minimum absolute atomic E-state index is 0.166. The molecule has 0 aliphatic carbocycles. The van der Waals surface area contributed by atoms with Crippen molar-refractivity contribution < 1.29 is 17.8 Å². The van der Waals surface area contributed by atoms with Gasteiger partial charge in [-0.2, -0.15) is 18.8 Å². The summed E-state index contributed by atoms with van der Waals surface area (Å²) in [7, 11) is -3.98. The fourth-order valence-corrected chi connectivity index (χ4v) is 3.88. The summed E-state index contributed by atoms with van der Waals surface area (Å²) in [6.45, 7) is 10.4. The van der Waals surface area contributed by atoms with E-state index in [4.69, 9.17) is 4.55 Å². The molecule has 1 heterocycles. The molecule has 0 fully saturated rings. The Kier molecular flexibility index (Phi) is 8.89. The molecule has 0 atom stereocenters. The molecule has 1 aromatic carbocycles. The van der Waals surface area contributed by atoms with Crippen molar-refractivity contribution in [3.05, 3.63) is 29.5 Å². The van der Waals surface area contributed by atoms with Gasteiger partial charge in [0.05, 0.1) is 17.1 Å². The first-order chi connectivity index (χ1) is 15.9. The summed E-state index contributed by atoms with van der Waals surface area (Å²) in [5, 5.41) is 27.6. The van der Waals surface area contributed by atoms with Gasteiger partial charge in [0.15, 0.2) is 0 Å². The third-order valence-corrected chi connectivity index (χ3v) is 5.78. The molecule has 11 nitrogen and oxygen atoms in total. The van der Waals surface area contributed by atoms with Crippen molar-refractivity contribution in [1.29, 1.82) is 5.26 Å². The number of nitriles is 1. The second-order valence-corrected chi connectivity index (χ2v) is 10.4. The van der Waals surface area contributed by atoms with Gasteiger partial charge in [0.25, 0.3) is 10.1 Å². The summed E-state index contributed by atoms with van der Waals surface area (Å²) in [6, 6.07) is 7.41. The number of amides is 1. The SMILES string of the molecule is CCN(CCCCS(=O)(=O)O)c1ccc(N=Nc2n[nH]c(C(C)(C)C)c2C#N)c(NC(C)=O)c1. The monoisotopic (exact) mass is 489 g/mol. The van der Waals surface area contributed by atoms with Gasteiger partial charge in [0.1, 0.15) is 17.3 Å². The first kappa shape index (κ1) is 26.9. The van der Waals surface area contributed by atoms with Crippen LogP contribution in [0, 0.1) is 11.3 Å². The molecule has 0 unspecified atom stereocenters. The lowest BCUT2D eigenvalue weighted by Crippen LogP contribution is -2.24. The topological polar surface area (TPSA) is 164 Å². The van der Waals surface area contributed by atoms with Gasteiger partial charge in [-0.3, -0.25) is 14.4 Å². The number of hydrogen-bond acceptors (Lipinski definition) is 8. The molecule has 184 valence electrons. The maximum atomic E-state index is 11.8. The van der Waals surface area contributed by atoms with Crippen LogP contribution >= 0.6 is 0 Å². The minimum atomic E-state index is -3.98. The van der Waals surface area contributed by atoms with E-state index in [0.717, 1.165) is 5.69 Å². The number of H-pyrrole nitrogens is 1. The molecule has 0 bridgehead atoms. The van der Waals surface area contributed by atoms with Gasteiger partial charge < -0.3 is 10.2 Å². The number of rotatable bonds is 10. The number of unbranched alkanes of at least 4 members (excludes halogenated alkanes) is 1. The van der Waals surface area contributed by atoms with E-state index in [9.17, 15) is 18.5 Å². The molecule has 12 heteroatoms. The molecule has 0 radical (unpaired) electrons. The molecular formula is C22H31N7O4S. The van der Waals surface area contributed by atoms with Crippen LogP contribution in [0.25, 0.3) is 0 Å². The van der Waals surface area contributed by atoms with E-state index >= 15 is 0 Å². The van der Waals surface area contributed by atoms with Crippen LogP contribution in [0.2, 0.25) is 0 Å². The predicted molar refractivity (Wildman–Crippen MR) is 130 cm³/mol. The summed E-state index contributed by atoms with van der Waals surface area (Å²) < 4.78 is 30.7. The number of aromatic nitrogens is 2. The zero-order chi connectivity index (χ0) is 25.5. The zero-order valence-corrected chi connectivity index (χ0v) is 20.9. The molecule has 1 amide bonds. The second kappa shape index (κ2) is 11.2. The van der Waals surface area contributed by atoms with Gasteiger partial charge in [-0.05, 0) is 38.0 Å². The highest BCUT2D eigenvalue weighted by atomic mass is 32.2. The molecule has 2 aromatic rings. The highest BCUT2D eigenvalue weighted by Gasteiger charge is 2.24. The fourth-order valence-electron chi connectivity index (χ4n) is 3.31. The lowest BCUT2D eigenvalue weighted by Gasteiger charge is -2.24. The normalized spacial score (nSPS) is 12.0. The summed E-state index contributed by atoms with van der Waals surface area (Å²) in [4.78, 5) is 13.8. The third-order valence-electron chi connectivity index (χ3n) is 4.98. The lowest BCUT2D eigenvalue weighted by atomic mass is 9.90. The number of benzene rings is 1. The quantitative estimate of drug-likeness (QED) is 0.252. The molecule has 3 N–H and O–H groups in total. The van der Waals surface area contributed by atoms with E-state index in [1.807, 2.05) is 38.7 Å². The van der Waals surface area contributed by atoms with Gasteiger partial charge in [-0.25, -0.2) is 0 Å². The largest absolute Gasteiger partial charge is 0.372 e. The van der Waals surface area contributed by atoms with Gasteiger partial charge in [0, 0.05) is 31.1 Å². The molecule has 0 aliphatic rings. The predicted octanol–water partition coefficient (Wildman–Crippen LogP) is 4.45. The molecule has 0 spiro atoms. The van der Waals surface area contributed by atoms with Gasteiger partial charge in [-0.1, -0.05) is 20.8 Å². The standard InChI is InChI=1S/C22H31N7O4S/c1-6-29(11-7-8-12-34(31,32)33)16-9-10-18(19(13-16)24-15(2)30)25-27-21-17(14-23)20(26-28-21)22(3,4)5/h9-10,13H,6-8,11-12H2,1-5H3,(H,24,30)(H,26,28)(H,31,32,33). The maximum Gasteiger partial charge on any atom is 0.264 e. The van der Waals surface area contributed by atoms with Crippen LogP contribution in [-0.2, 0) is 20.3 Å². The Labute approximate surface area is 200 Å². The fraction of sp³-hybridized carbons (Fsp3) is 0.500. The summed E-state index contributed by atoms with van der Waals surface area (Å²) >= 11 is 0. The first-order valence-electron chi connectivity index (χ1n) is 10.9. The van der Waals surface area contributed by atoms with Crippen LogP contribution in [0.1, 0.15) is 58.7 Å². The van der Waals surface area contributed by atoms with Crippen LogP contribution < -0.4 is 10.2 Å². The van der Waals surface area contributed by atoms with Crippen molar-refractivity contribution in [2.45, 2.75) is 52.9 Å². The molecular weight excluding hydrogens is 458 g/mol. The highest BCUT2D eigenvalue weighted by molar-refractivity contribution is 7.85. The van der Waals surface area contributed by atoms with E-state index in [0.29, 0.717) is 48.6 Å². The third kappa shape index (κ3) is 7.64. The Morgan fingerprint density at radius 3 is 2.56 bits per heavy atom. The molecule has 34 heavy (non-hydrogen) atoms. The number of nitrogens with zero attached hydrogens (tertiary/aromatic N) is 5. The Hall–Kier alpha value is -3.30. The number of carbonyl (C=O) groups excluding carboxylic acids is 1. The Balaban J connectivity index is 2.30. The molecule has 0 saturated heterocycles. The van der Waals surface area contributed by atoms with Crippen molar-refractivity contribution in [3.63, 3.8) is 0 Å². The highest BCUT2D eigenvalue weighted by Crippen LogP contribution is 2.34. The van der Waals surface area contributed by atoms with E-state index < -0.39 is 10.1 Å². The average Bonchev–Trinajstić information content (AvgIpc) is 3.15. The van der Waals surface area contributed by atoms with Crippen molar-refractivity contribution in [1.82, 2.24) is 10.2 Å². The van der Waals surface area contributed by atoms with Crippen molar-refractivity contribution in [3.8, 4) is 6.07 Å². The number of carbonyl (C=O) groups is 1. The van der Waals surface area contributed by atoms with Gasteiger partial charge in [0.2, 0.25) is 11.7 Å². The van der Waals surface area contributed by atoms with Crippen LogP contribution in [0.15, 0.2) is 28.4 Å². The van der Waals surface area contributed by atoms with Crippen LogP contribution in [0.3, 0.4) is 0 Å². The second-order valence-electron chi connectivity index (χ2n) is 8.81. The first-order valence-corrected chi connectivity index (χ1v) is 12.5. The lowest BCUT2D eigenvalue weighted by molar-refractivity contribution is -0.114. The number of nitrogens with one attached hydrogen (secondary N) is 2. The number of anilines is 2. The van der Waals surface area contributed by atoms with Crippen LogP contribution in [0.4, 0.5) is 22.9 Å². The minimum Gasteiger partial charge on any atom is -0.372 e. The van der Waals surface area contributed by atoms with Gasteiger partial charge >= 0.3 is 0 Å². The van der Waals surface area contributed by atoms with Gasteiger partial charge in [-0.15, -0.1) is 10.2 Å². The number of azo groups is 1. The zero-order valence-electron chi connectivity index (χ0n) is 20.1. The maximum absolute atomic E-state index is 11.8. The number of hydrogen-bond donors (Lipinski definition) is 3. The summed E-state index contributed by atoms with van der Waals surface area (Å²) in [5.74, 6) is -0.396. The molecule has 0 saturated carbocycles.